The number of nitrogens with one attached hydrogen (secondary N) is 1. The van der Waals surface area contributed by atoms with Gasteiger partial charge in [0.15, 0.2) is 11.3 Å². The first-order valence-electron chi connectivity index (χ1n) is 11.7. The molecule has 0 spiro atoms. The fourth-order valence-corrected chi connectivity index (χ4v) is 4.02. The summed E-state index contributed by atoms with van der Waals surface area (Å²) < 4.78 is 4.07. The third-order valence-electron chi connectivity index (χ3n) is 5.99. The van der Waals surface area contributed by atoms with E-state index in [4.69, 9.17) is 5.73 Å². The Morgan fingerprint density at radius 1 is 1.17 bits per heavy atom. The summed E-state index contributed by atoms with van der Waals surface area (Å²) in [7, 11) is 1.69. The van der Waals surface area contributed by atoms with Crippen LogP contribution < -0.4 is 27.4 Å². The van der Waals surface area contributed by atoms with Gasteiger partial charge in [-0.2, -0.15) is 5.10 Å². The van der Waals surface area contributed by atoms with Crippen LogP contribution >= 0.6 is 0 Å². The molecule has 4 aromatic rings. The third kappa shape index (κ3) is 4.83. The summed E-state index contributed by atoms with van der Waals surface area (Å²) in [4.78, 5) is 59.3. The molecule has 188 valence electrons. The smallest absolute Gasteiger partial charge is 0.330 e. The lowest BCUT2D eigenvalue weighted by Gasteiger charge is -2.24. The molecular formula is C24H28N8O4. The lowest BCUT2D eigenvalue weighted by molar-refractivity contribution is -0.118. The van der Waals surface area contributed by atoms with Crippen LogP contribution in [-0.4, -0.2) is 41.3 Å². The number of hydrogen-bond acceptors (Lipinski definition) is 7. The monoisotopic (exact) mass is 492 g/mol. The van der Waals surface area contributed by atoms with E-state index in [0.29, 0.717) is 17.5 Å². The van der Waals surface area contributed by atoms with Gasteiger partial charge in [0.1, 0.15) is 11.2 Å². The first kappa shape index (κ1) is 24.6. The summed E-state index contributed by atoms with van der Waals surface area (Å²) in [5, 5.41) is 4.40. The molecule has 0 atom stereocenters. The van der Waals surface area contributed by atoms with Crippen molar-refractivity contribution in [1.82, 2.24) is 28.9 Å². The molecule has 0 fully saturated rings. The lowest BCUT2D eigenvalue weighted by Crippen LogP contribution is -2.42. The van der Waals surface area contributed by atoms with Gasteiger partial charge in [-0.15, -0.1) is 0 Å². The number of nitrogen functional groups attached to an aromatic ring is 1. The molecule has 3 aromatic heterocycles. The van der Waals surface area contributed by atoms with Gasteiger partial charge in [0.05, 0.1) is 19.1 Å². The van der Waals surface area contributed by atoms with Crippen LogP contribution in [0.2, 0.25) is 0 Å². The number of aryl methyl sites for hydroxylation is 2. The molecule has 0 radical (unpaired) electrons. The van der Waals surface area contributed by atoms with Crippen molar-refractivity contribution in [3.05, 3.63) is 79.6 Å². The number of nitrogens with zero attached hydrogens (tertiary/aromatic N) is 6. The number of aromatic amines is 1. The fourth-order valence-electron chi connectivity index (χ4n) is 4.02. The molecular weight excluding hydrogens is 464 g/mol. The zero-order valence-electron chi connectivity index (χ0n) is 20.2. The molecule has 36 heavy (non-hydrogen) atoms. The molecule has 1 amide bonds. The van der Waals surface area contributed by atoms with Crippen molar-refractivity contribution < 1.29 is 4.79 Å². The van der Waals surface area contributed by atoms with Gasteiger partial charge in [0.2, 0.25) is 5.91 Å². The number of rotatable bonds is 9. The second-order valence-corrected chi connectivity index (χ2v) is 8.46. The highest BCUT2D eigenvalue weighted by atomic mass is 16.2. The van der Waals surface area contributed by atoms with Crippen molar-refractivity contribution in [2.45, 2.75) is 39.3 Å². The minimum atomic E-state index is -0.734. The number of aromatic nitrogens is 6. The van der Waals surface area contributed by atoms with Gasteiger partial charge in [-0.1, -0.05) is 43.7 Å². The highest BCUT2D eigenvalue weighted by Gasteiger charge is 2.24. The normalized spacial score (nSPS) is 11.2. The van der Waals surface area contributed by atoms with E-state index in [9.17, 15) is 19.2 Å². The zero-order chi connectivity index (χ0) is 25.8. The predicted octanol–water partition coefficient (Wildman–Crippen LogP) is 0.834. The Morgan fingerprint density at radius 3 is 2.64 bits per heavy atom. The summed E-state index contributed by atoms with van der Waals surface area (Å²) in [5.74, 6) is -0.489. The maximum atomic E-state index is 13.3. The standard InChI is InChI=1S/C24H28N8O4/c1-3-4-11-31(18(33)10-12-30-15-26-21-17(23(30)35)13-27-29(21)2)19-20(25)32(24(36)28-22(19)34)14-16-8-6-5-7-9-16/h5-9,13,15H,3-4,10-12,14,25H2,1-2H3,(H,28,34,36). The lowest BCUT2D eigenvalue weighted by atomic mass is 10.2. The fraction of sp³-hybridized carbons (Fsp3) is 0.333. The average molecular weight is 493 g/mol. The van der Waals surface area contributed by atoms with Gasteiger partial charge in [-0.05, 0) is 12.0 Å². The van der Waals surface area contributed by atoms with Crippen molar-refractivity contribution >= 4 is 28.4 Å². The Hall–Kier alpha value is -4.48. The highest BCUT2D eigenvalue weighted by Crippen LogP contribution is 2.20. The number of carbonyl (C=O) groups excluding carboxylic acids is 1. The van der Waals surface area contributed by atoms with Crippen molar-refractivity contribution in [3.63, 3.8) is 0 Å². The van der Waals surface area contributed by atoms with Crippen LogP contribution in [0.3, 0.4) is 0 Å². The molecule has 12 heteroatoms. The van der Waals surface area contributed by atoms with Gasteiger partial charge >= 0.3 is 5.69 Å². The van der Waals surface area contributed by atoms with Crippen LogP contribution in [0.25, 0.3) is 11.0 Å². The third-order valence-corrected chi connectivity index (χ3v) is 5.99. The van der Waals surface area contributed by atoms with Gasteiger partial charge in [-0.25, -0.2) is 9.78 Å². The van der Waals surface area contributed by atoms with Crippen LogP contribution in [0.4, 0.5) is 11.5 Å². The number of nitrogens with two attached hydrogens (primary N) is 1. The molecule has 0 aliphatic heterocycles. The zero-order valence-corrected chi connectivity index (χ0v) is 20.2. The number of benzene rings is 1. The van der Waals surface area contributed by atoms with E-state index in [-0.39, 0.29) is 43.1 Å². The predicted molar refractivity (Wildman–Crippen MR) is 136 cm³/mol. The van der Waals surface area contributed by atoms with Crippen LogP contribution in [0.15, 0.2) is 57.2 Å². The van der Waals surface area contributed by atoms with E-state index in [0.717, 1.165) is 12.0 Å². The molecule has 0 aliphatic rings. The molecule has 3 N–H and O–H groups in total. The van der Waals surface area contributed by atoms with Crippen molar-refractivity contribution in [3.8, 4) is 0 Å². The molecule has 0 saturated carbocycles. The van der Waals surface area contributed by atoms with Crippen molar-refractivity contribution in [2.75, 3.05) is 17.2 Å². The number of unbranched alkanes of at least 4 members (excludes halogenated alkanes) is 1. The van der Waals surface area contributed by atoms with Gasteiger partial charge in [0, 0.05) is 26.6 Å². The summed E-state index contributed by atoms with van der Waals surface area (Å²) >= 11 is 0. The average Bonchev–Trinajstić information content (AvgIpc) is 3.25. The Morgan fingerprint density at radius 2 is 1.92 bits per heavy atom. The van der Waals surface area contributed by atoms with Crippen LogP contribution in [0, 0.1) is 0 Å². The molecule has 1 aromatic carbocycles. The second kappa shape index (κ2) is 10.4. The summed E-state index contributed by atoms with van der Waals surface area (Å²) in [5.41, 5.74) is 5.80. The molecule has 3 heterocycles. The molecule has 0 aliphatic carbocycles. The van der Waals surface area contributed by atoms with E-state index in [2.05, 4.69) is 15.1 Å². The number of anilines is 2. The minimum Gasteiger partial charge on any atom is -0.383 e. The largest absolute Gasteiger partial charge is 0.383 e. The van der Waals surface area contributed by atoms with Gasteiger partial charge in [0.25, 0.3) is 11.1 Å². The van der Waals surface area contributed by atoms with Crippen molar-refractivity contribution in [1.29, 1.82) is 0 Å². The Kier molecular flexibility index (Phi) is 7.13. The van der Waals surface area contributed by atoms with E-state index >= 15 is 0 Å². The first-order chi connectivity index (χ1) is 17.3. The summed E-state index contributed by atoms with van der Waals surface area (Å²) in [6.45, 7) is 2.39. The second-order valence-electron chi connectivity index (χ2n) is 8.46. The maximum Gasteiger partial charge on any atom is 0.330 e. The van der Waals surface area contributed by atoms with Gasteiger partial charge < -0.3 is 10.6 Å². The quantitative estimate of drug-likeness (QED) is 0.351. The molecule has 0 bridgehead atoms. The number of amides is 1. The van der Waals surface area contributed by atoms with Crippen molar-refractivity contribution in [2.24, 2.45) is 7.05 Å². The molecule has 0 saturated heterocycles. The number of H-pyrrole nitrogens is 1. The highest BCUT2D eigenvalue weighted by molar-refractivity contribution is 5.95. The number of fused-ring (bicyclic) bond motifs is 1. The van der Waals surface area contributed by atoms with E-state index in [1.165, 1.54) is 31.2 Å². The number of hydrogen-bond donors (Lipinski definition) is 2. The molecule has 0 unspecified atom stereocenters. The minimum absolute atomic E-state index is 0.0551. The Bertz CT molecular complexity index is 1570. The first-order valence-corrected chi connectivity index (χ1v) is 11.7. The van der Waals surface area contributed by atoms with E-state index in [1.54, 1.807) is 7.05 Å². The topological polar surface area (TPSA) is 154 Å². The van der Waals surface area contributed by atoms with Crippen LogP contribution in [-0.2, 0) is 24.9 Å². The Balaban J connectivity index is 1.65. The number of carbonyl (C=O) groups is 1. The summed E-state index contributed by atoms with van der Waals surface area (Å²) in [6.07, 6.45) is 4.12. The van der Waals surface area contributed by atoms with Gasteiger partial charge in [-0.3, -0.25) is 33.2 Å². The molecule has 12 nitrogen and oxygen atoms in total. The summed E-state index contributed by atoms with van der Waals surface area (Å²) in [6, 6.07) is 9.19. The van der Waals surface area contributed by atoms with Crippen LogP contribution in [0.1, 0.15) is 31.7 Å². The molecule has 4 rings (SSSR count). The Labute approximate surface area is 205 Å². The van der Waals surface area contributed by atoms with Crippen LogP contribution in [0.5, 0.6) is 0 Å². The SMILES string of the molecule is CCCCN(C(=O)CCn1cnc2c(cnn2C)c1=O)c1c(N)n(Cc2ccccc2)c(=O)[nH]c1=O. The maximum absolute atomic E-state index is 13.3. The van der Waals surface area contributed by atoms with E-state index in [1.807, 2.05) is 37.3 Å². The van der Waals surface area contributed by atoms with E-state index < -0.39 is 17.2 Å².